The van der Waals surface area contributed by atoms with Crippen molar-refractivity contribution in [2.75, 3.05) is 32.7 Å². The second-order valence-corrected chi connectivity index (χ2v) is 7.30. The molecule has 2 aliphatic heterocycles. The maximum Gasteiger partial charge on any atom is 0.320 e. The van der Waals surface area contributed by atoms with E-state index in [9.17, 15) is 9.59 Å². The van der Waals surface area contributed by atoms with Crippen LogP contribution in [0.25, 0.3) is 0 Å². The molecule has 2 saturated heterocycles. The van der Waals surface area contributed by atoms with E-state index in [0.29, 0.717) is 19.0 Å². The van der Waals surface area contributed by atoms with Crippen molar-refractivity contribution >= 4 is 24.3 Å². The Morgan fingerprint density at radius 3 is 2.38 bits per heavy atom. The van der Waals surface area contributed by atoms with Crippen LogP contribution in [0.15, 0.2) is 0 Å². The molecule has 0 bridgehead atoms. The first-order valence-corrected chi connectivity index (χ1v) is 9.23. The summed E-state index contributed by atoms with van der Waals surface area (Å²) in [7, 11) is 0. The summed E-state index contributed by atoms with van der Waals surface area (Å²) in [6.07, 6.45) is 7.31. The van der Waals surface area contributed by atoms with Gasteiger partial charge in [0.05, 0.1) is 5.92 Å². The van der Waals surface area contributed by atoms with Crippen molar-refractivity contribution in [1.29, 1.82) is 0 Å². The highest BCUT2D eigenvalue weighted by Crippen LogP contribution is 2.26. The quantitative estimate of drug-likeness (QED) is 0.804. The molecule has 3 unspecified atom stereocenters. The van der Waals surface area contributed by atoms with E-state index < -0.39 is 0 Å². The summed E-state index contributed by atoms with van der Waals surface area (Å²) < 4.78 is 0. The fourth-order valence-corrected chi connectivity index (χ4v) is 4.28. The third-order valence-corrected chi connectivity index (χ3v) is 5.73. The lowest BCUT2D eigenvalue weighted by Crippen LogP contribution is -2.51. The van der Waals surface area contributed by atoms with Gasteiger partial charge in [-0.05, 0) is 51.0 Å². The Balaban J connectivity index is 0.00000208. The Morgan fingerprint density at radius 2 is 1.67 bits per heavy atom. The number of halogens is 1. The number of nitrogens with one attached hydrogen (secondary N) is 1. The zero-order chi connectivity index (χ0) is 16.2. The van der Waals surface area contributed by atoms with Crippen LogP contribution in [0.4, 0.5) is 4.79 Å². The number of nitrogens with zero attached hydrogens (tertiary/aromatic N) is 2. The van der Waals surface area contributed by atoms with Crippen molar-refractivity contribution in [2.24, 2.45) is 17.6 Å². The normalized spacial score (nSPS) is 30.1. The Kier molecular flexibility index (Phi) is 7.16. The molecule has 3 amide bonds. The topological polar surface area (TPSA) is 78.7 Å². The van der Waals surface area contributed by atoms with Gasteiger partial charge >= 0.3 is 6.03 Å². The second kappa shape index (κ2) is 8.90. The van der Waals surface area contributed by atoms with Gasteiger partial charge in [-0.2, -0.15) is 0 Å². The van der Waals surface area contributed by atoms with E-state index in [4.69, 9.17) is 5.73 Å². The zero-order valence-electron chi connectivity index (χ0n) is 14.4. The van der Waals surface area contributed by atoms with Crippen molar-refractivity contribution in [3.63, 3.8) is 0 Å². The molecule has 0 aromatic carbocycles. The van der Waals surface area contributed by atoms with Gasteiger partial charge < -0.3 is 20.9 Å². The van der Waals surface area contributed by atoms with Crippen LogP contribution in [0.1, 0.15) is 44.9 Å². The maximum absolute atomic E-state index is 12.6. The molecule has 3 fully saturated rings. The molecule has 7 heteroatoms. The predicted molar refractivity (Wildman–Crippen MR) is 96.1 cm³/mol. The lowest BCUT2D eigenvalue weighted by atomic mass is 9.96. The van der Waals surface area contributed by atoms with E-state index in [-0.39, 0.29) is 36.3 Å². The molecule has 6 nitrogen and oxygen atoms in total. The van der Waals surface area contributed by atoms with Gasteiger partial charge in [0, 0.05) is 32.2 Å². The number of nitrogens with two attached hydrogens (primary N) is 1. The monoisotopic (exact) mass is 358 g/mol. The van der Waals surface area contributed by atoms with Gasteiger partial charge in [-0.15, -0.1) is 12.4 Å². The molecule has 3 atom stereocenters. The van der Waals surface area contributed by atoms with E-state index in [1.807, 2.05) is 9.80 Å². The Morgan fingerprint density at radius 1 is 0.958 bits per heavy atom. The van der Waals surface area contributed by atoms with E-state index >= 15 is 0 Å². The lowest BCUT2D eigenvalue weighted by Gasteiger charge is -2.35. The number of hydrogen-bond donors (Lipinski definition) is 2. The largest absolute Gasteiger partial charge is 0.353 e. The highest BCUT2D eigenvalue weighted by molar-refractivity contribution is 5.85. The Labute approximate surface area is 150 Å². The summed E-state index contributed by atoms with van der Waals surface area (Å²) in [4.78, 5) is 28.9. The Hall–Kier alpha value is -1.01. The van der Waals surface area contributed by atoms with E-state index in [1.165, 1.54) is 0 Å². The molecule has 1 aliphatic carbocycles. The van der Waals surface area contributed by atoms with Gasteiger partial charge in [-0.3, -0.25) is 4.79 Å². The summed E-state index contributed by atoms with van der Waals surface area (Å²) in [6, 6.07) is 0.359. The summed E-state index contributed by atoms with van der Waals surface area (Å²) in [5, 5.41) is 3.21. The molecule has 1 saturated carbocycles. The minimum absolute atomic E-state index is 0. The average molecular weight is 359 g/mol. The maximum atomic E-state index is 12.6. The first-order chi connectivity index (χ1) is 11.2. The zero-order valence-corrected chi connectivity index (χ0v) is 15.2. The van der Waals surface area contributed by atoms with Crippen molar-refractivity contribution in [2.45, 2.75) is 51.0 Å². The van der Waals surface area contributed by atoms with Gasteiger partial charge in [0.15, 0.2) is 0 Å². The molecule has 2 heterocycles. The molecule has 3 aliphatic rings. The summed E-state index contributed by atoms with van der Waals surface area (Å²) in [6.45, 7) is 3.74. The van der Waals surface area contributed by atoms with Crippen LogP contribution in [0.5, 0.6) is 0 Å². The molecule has 0 aromatic heterocycles. The number of hydrogen-bond acceptors (Lipinski definition) is 3. The average Bonchev–Trinajstić information content (AvgIpc) is 3.25. The number of urea groups is 1. The van der Waals surface area contributed by atoms with Crippen molar-refractivity contribution < 1.29 is 9.59 Å². The number of piperidine rings is 1. The summed E-state index contributed by atoms with van der Waals surface area (Å²) in [5.41, 5.74) is 5.80. The summed E-state index contributed by atoms with van der Waals surface area (Å²) >= 11 is 0. The molecular weight excluding hydrogens is 328 g/mol. The fourth-order valence-electron chi connectivity index (χ4n) is 4.28. The van der Waals surface area contributed by atoms with E-state index in [1.54, 1.807) is 0 Å². The van der Waals surface area contributed by atoms with Crippen LogP contribution in [0, 0.1) is 11.8 Å². The highest BCUT2D eigenvalue weighted by atomic mass is 35.5. The number of amides is 3. The number of carbonyl (C=O) groups is 2. The van der Waals surface area contributed by atoms with Gasteiger partial charge in [-0.25, -0.2) is 4.79 Å². The third kappa shape index (κ3) is 4.33. The van der Waals surface area contributed by atoms with Crippen LogP contribution < -0.4 is 11.1 Å². The number of likely N-dealkylation sites (tertiary alicyclic amines) is 2. The molecule has 138 valence electrons. The van der Waals surface area contributed by atoms with Crippen molar-refractivity contribution in [3.05, 3.63) is 0 Å². The summed E-state index contributed by atoms with van der Waals surface area (Å²) in [5.74, 6) is 0.480. The molecule has 0 spiro atoms. The van der Waals surface area contributed by atoms with Crippen molar-refractivity contribution in [3.8, 4) is 0 Å². The smallest absolute Gasteiger partial charge is 0.320 e. The highest BCUT2D eigenvalue weighted by Gasteiger charge is 2.34. The fraction of sp³-hybridized carbons (Fsp3) is 0.882. The number of carbonyl (C=O) groups excluding carboxylic acids is 2. The van der Waals surface area contributed by atoms with Crippen LogP contribution in [-0.4, -0.2) is 60.5 Å². The Bertz CT molecular complexity index is 442. The van der Waals surface area contributed by atoms with Crippen LogP contribution >= 0.6 is 12.4 Å². The second-order valence-electron chi connectivity index (χ2n) is 7.30. The van der Waals surface area contributed by atoms with Crippen LogP contribution in [0.3, 0.4) is 0 Å². The molecule has 0 radical (unpaired) electrons. The van der Waals surface area contributed by atoms with Crippen LogP contribution in [-0.2, 0) is 4.79 Å². The van der Waals surface area contributed by atoms with E-state index in [0.717, 1.165) is 64.6 Å². The van der Waals surface area contributed by atoms with Gasteiger partial charge in [0.25, 0.3) is 0 Å². The SMILES string of the molecule is Cl.NCC1CCCC1NC(=O)C1CCCN(C(=O)N2CCCC2)C1. The van der Waals surface area contributed by atoms with E-state index in [2.05, 4.69) is 5.32 Å². The standard InChI is InChI=1S/C17H30N4O2.ClH/c18-11-13-5-3-7-15(13)19-16(22)14-6-4-10-21(12-14)17(23)20-8-1-2-9-20;/h13-15H,1-12,18H2,(H,19,22);1H. The van der Waals surface area contributed by atoms with Gasteiger partial charge in [-0.1, -0.05) is 6.42 Å². The van der Waals surface area contributed by atoms with Gasteiger partial charge in [0.2, 0.25) is 5.91 Å². The predicted octanol–water partition coefficient (Wildman–Crippen LogP) is 1.58. The molecule has 24 heavy (non-hydrogen) atoms. The lowest BCUT2D eigenvalue weighted by molar-refractivity contribution is -0.127. The minimum Gasteiger partial charge on any atom is -0.353 e. The molecule has 3 rings (SSSR count). The molecular formula is C17H31ClN4O2. The van der Waals surface area contributed by atoms with Crippen molar-refractivity contribution in [1.82, 2.24) is 15.1 Å². The minimum atomic E-state index is -0.0608. The molecule has 3 N–H and O–H groups in total. The number of rotatable bonds is 3. The first-order valence-electron chi connectivity index (χ1n) is 9.23. The third-order valence-electron chi connectivity index (χ3n) is 5.73. The first kappa shape index (κ1) is 19.3. The van der Waals surface area contributed by atoms with Crippen LogP contribution in [0.2, 0.25) is 0 Å². The van der Waals surface area contributed by atoms with Gasteiger partial charge in [0.1, 0.15) is 0 Å². The molecule has 0 aromatic rings.